The quantitative estimate of drug-likeness (QED) is 0.634. The molecule has 2 unspecified atom stereocenters. The van der Waals surface area contributed by atoms with Crippen LogP contribution in [0.4, 0.5) is 10.6 Å². The number of benzene rings is 1. The third-order valence-corrected chi connectivity index (χ3v) is 5.48. The van der Waals surface area contributed by atoms with E-state index >= 15 is 0 Å². The molecule has 1 aromatic heterocycles. The van der Waals surface area contributed by atoms with Crippen LogP contribution in [0.2, 0.25) is 0 Å². The molecular formula is C19H20N3O5PS. The van der Waals surface area contributed by atoms with Crippen LogP contribution in [0.25, 0.3) is 0 Å². The Morgan fingerprint density at radius 2 is 2.00 bits per heavy atom. The molecule has 3 rings (SSSR count). The zero-order chi connectivity index (χ0) is 20.8. The number of hydrogen-bond acceptors (Lipinski definition) is 8. The lowest BCUT2D eigenvalue weighted by molar-refractivity contribution is -0.118. The van der Waals surface area contributed by atoms with Gasteiger partial charge in [0.05, 0.1) is 26.8 Å². The number of nitrogens with zero attached hydrogens (tertiary/aromatic N) is 2. The highest BCUT2D eigenvalue weighted by molar-refractivity contribution is 8.15. The van der Waals surface area contributed by atoms with Gasteiger partial charge in [-0.1, -0.05) is 23.9 Å². The standard InChI is InChI=1S/C19H20N3O5PS/c1-22(16-7-4-13(11-20-16)18(24)27-28)8-9-26-14-5-2-12(3-6-14)10-15-17(23)21-19(25)29-15/h2-7,11,15H,8-10,28H2,1H3,(H,21,23,25). The summed E-state index contributed by atoms with van der Waals surface area (Å²) < 4.78 is 10.3. The molecule has 10 heteroatoms. The van der Waals surface area contributed by atoms with Gasteiger partial charge in [-0.05, 0) is 36.2 Å². The molecule has 1 aliphatic rings. The predicted molar refractivity (Wildman–Crippen MR) is 113 cm³/mol. The van der Waals surface area contributed by atoms with Gasteiger partial charge in [-0.2, -0.15) is 0 Å². The van der Waals surface area contributed by atoms with Crippen molar-refractivity contribution in [1.82, 2.24) is 10.3 Å². The molecule has 1 aromatic carbocycles. The number of carbonyl (C=O) groups excluding carboxylic acids is 3. The summed E-state index contributed by atoms with van der Waals surface area (Å²) in [5, 5.41) is 1.62. The molecule has 0 radical (unpaired) electrons. The SMILES string of the molecule is CN(CCOc1ccc(CC2SC(=O)NC2=O)cc1)c1ccc(C(=O)OP)cn1. The van der Waals surface area contributed by atoms with E-state index in [1.807, 2.05) is 45.7 Å². The van der Waals surface area contributed by atoms with E-state index in [0.29, 0.717) is 36.7 Å². The van der Waals surface area contributed by atoms with Crippen LogP contribution in [0.1, 0.15) is 15.9 Å². The first-order valence-corrected chi connectivity index (χ1v) is 10.1. The number of ether oxygens (including phenoxy) is 1. The second-order valence-corrected chi connectivity index (χ2v) is 7.72. The van der Waals surface area contributed by atoms with Crippen LogP contribution >= 0.6 is 21.2 Å². The molecule has 0 spiro atoms. The number of pyridine rings is 1. The number of amides is 2. The average molecular weight is 433 g/mol. The van der Waals surface area contributed by atoms with Gasteiger partial charge in [0.2, 0.25) is 5.91 Å². The number of likely N-dealkylation sites (N-methyl/N-ethyl adjacent to an activating group) is 1. The fourth-order valence-electron chi connectivity index (χ4n) is 2.68. The van der Waals surface area contributed by atoms with Gasteiger partial charge in [-0.25, -0.2) is 9.78 Å². The molecule has 8 nitrogen and oxygen atoms in total. The largest absolute Gasteiger partial charge is 0.492 e. The molecule has 0 saturated carbocycles. The lowest BCUT2D eigenvalue weighted by atomic mass is 10.1. The minimum absolute atomic E-state index is 0.240. The summed E-state index contributed by atoms with van der Waals surface area (Å²) in [4.78, 5) is 40.4. The van der Waals surface area contributed by atoms with Crippen molar-refractivity contribution in [3.63, 3.8) is 0 Å². The Kier molecular flexibility index (Phi) is 7.06. The average Bonchev–Trinajstić information content (AvgIpc) is 3.05. The van der Waals surface area contributed by atoms with Gasteiger partial charge >= 0.3 is 5.97 Å². The molecule has 1 aliphatic heterocycles. The Labute approximate surface area is 174 Å². The minimum atomic E-state index is -0.456. The Morgan fingerprint density at radius 3 is 2.59 bits per heavy atom. The number of aromatic nitrogens is 1. The molecule has 152 valence electrons. The van der Waals surface area contributed by atoms with Crippen LogP contribution in [0.5, 0.6) is 5.75 Å². The van der Waals surface area contributed by atoms with Crippen molar-refractivity contribution in [1.29, 1.82) is 0 Å². The second kappa shape index (κ2) is 9.71. The number of nitrogens with one attached hydrogen (secondary N) is 1. The maximum Gasteiger partial charge on any atom is 0.341 e. The Hall–Kier alpha value is -2.64. The fourth-order valence-corrected chi connectivity index (χ4v) is 3.67. The van der Waals surface area contributed by atoms with Crippen molar-refractivity contribution in [2.24, 2.45) is 0 Å². The Bertz CT molecular complexity index is 892. The van der Waals surface area contributed by atoms with E-state index in [1.54, 1.807) is 12.1 Å². The number of thioether (sulfide) groups is 1. The first kappa shape index (κ1) is 21.1. The van der Waals surface area contributed by atoms with E-state index in [4.69, 9.17) is 4.74 Å². The molecule has 0 aliphatic carbocycles. The van der Waals surface area contributed by atoms with Crippen LogP contribution in [0.3, 0.4) is 0 Å². The smallest absolute Gasteiger partial charge is 0.341 e. The zero-order valence-electron chi connectivity index (χ0n) is 15.7. The molecule has 0 bridgehead atoms. The van der Waals surface area contributed by atoms with Crippen molar-refractivity contribution in [2.75, 3.05) is 25.1 Å². The molecule has 2 heterocycles. The van der Waals surface area contributed by atoms with E-state index in [2.05, 4.69) is 14.8 Å². The Balaban J connectivity index is 1.46. The number of carbonyl (C=O) groups is 3. The first-order valence-electron chi connectivity index (χ1n) is 8.77. The van der Waals surface area contributed by atoms with Crippen molar-refractivity contribution >= 4 is 44.2 Å². The summed E-state index contributed by atoms with van der Waals surface area (Å²) in [6, 6.07) is 10.9. The number of imide groups is 1. The normalized spacial score (nSPS) is 15.7. The summed E-state index contributed by atoms with van der Waals surface area (Å²) in [5.41, 5.74) is 1.34. The third kappa shape index (κ3) is 5.68. The number of rotatable bonds is 8. The van der Waals surface area contributed by atoms with E-state index in [-0.39, 0.29) is 16.4 Å². The van der Waals surface area contributed by atoms with Crippen LogP contribution in [-0.4, -0.2) is 47.5 Å². The van der Waals surface area contributed by atoms with Crippen molar-refractivity contribution in [3.8, 4) is 5.75 Å². The van der Waals surface area contributed by atoms with Crippen molar-refractivity contribution in [2.45, 2.75) is 11.7 Å². The highest BCUT2D eigenvalue weighted by Crippen LogP contribution is 2.24. The van der Waals surface area contributed by atoms with Gasteiger partial charge in [0.15, 0.2) is 0 Å². The topological polar surface area (TPSA) is 97.8 Å². The fraction of sp³-hybridized carbons (Fsp3) is 0.263. The lowest BCUT2D eigenvalue weighted by Crippen LogP contribution is -2.25. The van der Waals surface area contributed by atoms with Gasteiger partial charge in [-0.3, -0.25) is 14.9 Å². The van der Waals surface area contributed by atoms with Crippen LogP contribution in [-0.2, 0) is 15.7 Å². The Morgan fingerprint density at radius 1 is 1.24 bits per heavy atom. The number of anilines is 1. The van der Waals surface area contributed by atoms with Gasteiger partial charge < -0.3 is 14.2 Å². The van der Waals surface area contributed by atoms with Crippen molar-refractivity contribution in [3.05, 3.63) is 53.7 Å². The summed E-state index contributed by atoms with van der Waals surface area (Å²) in [6.45, 7) is 1.05. The van der Waals surface area contributed by atoms with Gasteiger partial charge in [0.1, 0.15) is 18.2 Å². The van der Waals surface area contributed by atoms with E-state index < -0.39 is 5.97 Å². The van der Waals surface area contributed by atoms with Crippen molar-refractivity contribution < 1.29 is 23.6 Å². The maximum atomic E-state index is 11.6. The molecule has 29 heavy (non-hydrogen) atoms. The number of hydrogen-bond donors (Lipinski definition) is 1. The van der Waals surface area contributed by atoms with Gasteiger partial charge in [0.25, 0.3) is 5.24 Å². The molecule has 1 fully saturated rings. The van der Waals surface area contributed by atoms with E-state index in [1.165, 1.54) is 6.20 Å². The van der Waals surface area contributed by atoms with Gasteiger partial charge in [-0.15, -0.1) is 0 Å². The van der Waals surface area contributed by atoms with E-state index in [0.717, 1.165) is 17.3 Å². The maximum absolute atomic E-state index is 11.6. The molecule has 1 N–H and O–H groups in total. The minimum Gasteiger partial charge on any atom is -0.492 e. The molecular weight excluding hydrogens is 413 g/mol. The monoisotopic (exact) mass is 433 g/mol. The lowest BCUT2D eigenvalue weighted by Gasteiger charge is -2.18. The predicted octanol–water partition coefficient (Wildman–Crippen LogP) is 2.44. The van der Waals surface area contributed by atoms with Crippen LogP contribution in [0.15, 0.2) is 42.6 Å². The zero-order valence-corrected chi connectivity index (χ0v) is 17.6. The molecule has 2 aromatic rings. The summed E-state index contributed by atoms with van der Waals surface area (Å²) in [7, 11) is 3.80. The summed E-state index contributed by atoms with van der Waals surface area (Å²) in [5.74, 6) is 0.733. The molecule has 2 atom stereocenters. The third-order valence-electron chi connectivity index (χ3n) is 4.29. The first-order chi connectivity index (χ1) is 14.0. The highest BCUT2D eigenvalue weighted by atomic mass is 32.2. The summed E-state index contributed by atoms with van der Waals surface area (Å²) in [6.07, 6.45) is 1.96. The second-order valence-electron chi connectivity index (χ2n) is 6.31. The highest BCUT2D eigenvalue weighted by Gasteiger charge is 2.31. The molecule has 2 amide bonds. The van der Waals surface area contributed by atoms with Gasteiger partial charge in [0, 0.05) is 13.2 Å². The van der Waals surface area contributed by atoms with Crippen LogP contribution < -0.4 is 15.0 Å². The summed E-state index contributed by atoms with van der Waals surface area (Å²) >= 11 is 1.02. The molecule has 1 saturated heterocycles. The van der Waals surface area contributed by atoms with E-state index in [9.17, 15) is 14.4 Å². The van der Waals surface area contributed by atoms with Crippen LogP contribution in [0, 0.1) is 0 Å².